The molecule has 0 aliphatic rings. The second kappa shape index (κ2) is 4.91. The average Bonchev–Trinajstić information content (AvgIpc) is 2.08. The molecule has 0 unspecified atom stereocenters. The maximum Gasteiger partial charge on any atom is 0.164 e. The summed E-state index contributed by atoms with van der Waals surface area (Å²) in [5, 5.41) is 0. The Balaban J connectivity index is 2.96. The lowest BCUT2D eigenvalue weighted by Gasteiger charge is -2.07. The first-order chi connectivity index (χ1) is 6.52. The normalized spacial score (nSPS) is 10.6. The summed E-state index contributed by atoms with van der Waals surface area (Å²) in [6, 6.07) is 5.90. The Morgan fingerprint density at radius 1 is 1.43 bits per heavy atom. The molecule has 0 fully saturated rings. The third kappa shape index (κ3) is 2.80. The predicted octanol–water partition coefficient (Wildman–Crippen LogP) is 3.83. The highest BCUT2D eigenvalue weighted by atomic mass is 127. The molecule has 0 saturated heterocycles. The fourth-order valence-corrected chi connectivity index (χ4v) is 2.00. The number of Topliss-reactive ketones (excluding diaryl/α,β-unsaturated/α-hetero) is 1. The van der Waals surface area contributed by atoms with E-state index < -0.39 is 0 Å². The molecule has 0 saturated carbocycles. The van der Waals surface area contributed by atoms with Crippen LogP contribution in [0.25, 0.3) is 0 Å². The first kappa shape index (κ1) is 11.7. The molecule has 0 N–H and O–H groups in total. The zero-order valence-electron chi connectivity index (χ0n) is 8.80. The van der Waals surface area contributed by atoms with Crippen molar-refractivity contribution >= 4 is 28.4 Å². The van der Waals surface area contributed by atoms with Crippen molar-refractivity contribution in [3.8, 4) is 0 Å². The molecular weight excluding hydrogens is 287 g/mol. The standard InChI is InChI=1S/C12H15IO/c1-8(2)7-11(14)10-6-4-5-9(3)12(10)13/h4-6,8H,7H2,1-3H3. The maximum absolute atomic E-state index is 11.8. The summed E-state index contributed by atoms with van der Waals surface area (Å²) >= 11 is 2.25. The Kier molecular flexibility index (Phi) is 4.11. The molecule has 14 heavy (non-hydrogen) atoms. The van der Waals surface area contributed by atoms with Crippen LogP contribution in [0.15, 0.2) is 18.2 Å². The van der Waals surface area contributed by atoms with E-state index in [9.17, 15) is 4.79 Å². The van der Waals surface area contributed by atoms with Crippen LogP contribution in [0, 0.1) is 16.4 Å². The van der Waals surface area contributed by atoms with Crippen LogP contribution < -0.4 is 0 Å². The molecule has 0 aromatic heterocycles. The molecule has 0 amide bonds. The number of halogens is 1. The van der Waals surface area contributed by atoms with Gasteiger partial charge in [-0.2, -0.15) is 0 Å². The van der Waals surface area contributed by atoms with E-state index in [2.05, 4.69) is 36.4 Å². The summed E-state index contributed by atoms with van der Waals surface area (Å²) in [6.45, 7) is 6.18. The smallest absolute Gasteiger partial charge is 0.164 e. The van der Waals surface area contributed by atoms with Gasteiger partial charge in [-0.15, -0.1) is 0 Å². The van der Waals surface area contributed by atoms with Crippen LogP contribution in [0.2, 0.25) is 0 Å². The second-order valence-corrected chi connectivity index (χ2v) is 5.04. The monoisotopic (exact) mass is 302 g/mol. The van der Waals surface area contributed by atoms with Crippen molar-refractivity contribution in [1.82, 2.24) is 0 Å². The van der Waals surface area contributed by atoms with Gasteiger partial charge >= 0.3 is 0 Å². The van der Waals surface area contributed by atoms with Crippen LogP contribution in [-0.4, -0.2) is 5.78 Å². The molecular formula is C12H15IO. The van der Waals surface area contributed by atoms with E-state index >= 15 is 0 Å². The van der Waals surface area contributed by atoms with Gasteiger partial charge in [0.05, 0.1) is 0 Å². The van der Waals surface area contributed by atoms with Crippen molar-refractivity contribution in [2.45, 2.75) is 27.2 Å². The fourth-order valence-electron chi connectivity index (χ4n) is 1.34. The van der Waals surface area contributed by atoms with Crippen LogP contribution in [0.1, 0.15) is 36.2 Å². The zero-order chi connectivity index (χ0) is 10.7. The summed E-state index contributed by atoms with van der Waals surface area (Å²) in [5.74, 6) is 0.687. The molecule has 76 valence electrons. The third-order valence-electron chi connectivity index (χ3n) is 2.09. The molecule has 0 spiro atoms. The number of aryl methyl sites for hydroxylation is 1. The van der Waals surface area contributed by atoms with E-state index in [1.807, 2.05) is 25.1 Å². The highest BCUT2D eigenvalue weighted by Crippen LogP contribution is 2.19. The van der Waals surface area contributed by atoms with Crippen LogP contribution in [0.4, 0.5) is 0 Å². The molecule has 1 aromatic rings. The van der Waals surface area contributed by atoms with Gasteiger partial charge in [0.15, 0.2) is 5.78 Å². The molecule has 2 heteroatoms. The Labute approximate surface area is 99.0 Å². The number of carbonyl (C=O) groups excluding carboxylic acids is 1. The minimum absolute atomic E-state index is 0.258. The van der Waals surface area contributed by atoms with E-state index in [0.717, 1.165) is 9.13 Å². The minimum atomic E-state index is 0.258. The molecule has 0 bridgehead atoms. The zero-order valence-corrected chi connectivity index (χ0v) is 11.0. The Hall–Kier alpha value is -0.380. The highest BCUT2D eigenvalue weighted by Gasteiger charge is 2.12. The van der Waals surface area contributed by atoms with Gasteiger partial charge in [0.2, 0.25) is 0 Å². The summed E-state index contributed by atoms with van der Waals surface area (Å²) in [5.41, 5.74) is 2.06. The first-order valence-corrected chi connectivity index (χ1v) is 5.88. The van der Waals surface area contributed by atoms with E-state index in [4.69, 9.17) is 0 Å². The maximum atomic E-state index is 11.8. The van der Waals surface area contributed by atoms with Crippen molar-refractivity contribution in [3.63, 3.8) is 0 Å². The van der Waals surface area contributed by atoms with Gasteiger partial charge in [0.25, 0.3) is 0 Å². The fraction of sp³-hybridized carbons (Fsp3) is 0.417. The lowest BCUT2D eigenvalue weighted by molar-refractivity contribution is 0.0967. The van der Waals surface area contributed by atoms with Gasteiger partial charge in [-0.05, 0) is 41.0 Å². The molecule has 0 heterocycles. The lowest BCUT2D eigenvalue weighted by atomic mass is 10.0. The summed E-state index contributed by atoms with van der Waals surface area (Å²) < 4.78 is 1.09. The number of rotatable bonds is 3. The number of benzene rings is 1. The van der Waals surface area contributed by atoms with Crippen LogP contribution in [0.5, 0.6) is 0 Å². The minimum Gasteiger partial charge on any atom is -0.294 e. The topological polar surface area (TPSA) is 17.1 Å². The Bertz CT molecular complexity index is 342. The van der Waals surface area contributed by atoms with Gasteiger partial charge < -0.3 is 0 Å². The molecule has 0 aliphatic carbocycles. The lowest BCUT2D eigenvalue weighted by Crippen LogP contribution is -2.06. The van der Waals surface area contributed by atoms with Gasteiger partial charge in [-0.25, -0.2) is 0 Å². The molecule has 0 aliphatic heterocycles. The first-order valence-electron chi connectivity index (χ1n) is 4.80. The Morgan fingerprint density at radius 3 is 2.64 bits per heavy atom. The SMILES string of the molecule is Cc1cccc(C(=O)CC(C)C)c1I. The van der Waals surface area contributed by atoms with E-state index in [1.165, 1.54) is 5.56 Å². The highest BCUT2D eigenvalue weighted by molar-refractivity contribution is 14.1. The van der Waals surface area contributed by atoms with Crippen LogP contribution >= 0.6 is 22.6 Å². The molecule has 1 nitrogen and oxygen atoms in total. The van der Waals surface area contributed by atoms with Crippen molar-refractivity contribution in [2.75, 3.05) is 0 Å². The van der Waals surface area contributed by atoms with Gasteiger partial charge in [-0.1, -0.05) is 32.0 Å². The molecule has 0 atom stereocenters. The molecule has 1 rings (SSSR count). The predicted molar refractivity (Wildman–Crippen MR) is 67.7 cm³/mol. The summed E-state index contributed by atoms with van der Waals surface area (Å²) in [7, 11) is 0. The van der Waals surface area contributed by atoms with E-state index in [-0.39, 0.29) is 5.78 Å². The number of hydrogen-bond acceptors (Lipinski definition) is 1. The van der Waals surface area contributed by atoms with Crippen molar-refractivity contribution < 1.29 is 4.79 Å². The third-order valence-corrected chi connectivity index (χ3v) is 3.52. The van der Waals surface area contributed by atoms with E-state index in [0.29, 0.717) is 12.3 Å². The van der Waals surface area contributed by atoms with E-state index in [1.54, 1.807) is 0 Å². The molecule has 1 aromatic carbocycles. The van der Waals surface area contributed by atoms with Gasteiger partial charge in [0.1, 0.15) is 0 Å². The van der Waals surface area contributed by atoms with Crippen molar-refractivity contribution in [1.29, 1.82) is 0 Å². The summed E-state index contributed by atoms with van der Waals surface area (Å²) in [4.78, 5) is 11.8. The second-order valence-electron chi connectivity index (χ2n) is 3.96. The Morgan fingerprint density at radius 2 is 2.07 bits per heavy atom. The largest absolute Gasteiger partial charge is 0.294 e. The number of ketones is 1. The van der Waals surface area contributed by atoms with Crippen LogP contribution in [0.3, 0.4) is 0 Å². The van der Waals surface area contributed by atoms with Crippen molar-refractivity contribution in [3.05, 3.63) is 32.9 Å². The van der Waals surface area contributed by atoms with Gasteiger partial charge in [0, 0.05) is 15.6 Å². The summed E-state index contributed by atoms with van der Waals surface area (Å²) in [6.07, 6.45) is 0.638. The number of carbonyl (C=O) groups is 1. The van der Waals surface area contributed by atoms with Crippen molar-refractivity contribution in [2.24, 2.45) is 5.92 Å². The molecule has 0 radical (unpaired) electrons. The van der Waals surface area contributed by atoms with Gasteiger partial charge in [-0.3, -0.25) is 4.79 Å². The average molecular weight is 302 g/mol. The van der Waals surface area contributed by atoms with Crippen LogP contribution in [-0.2, 0) is 0 Å². The quantitative estimate of drug-likeness (QED) is 0.612. The number of hydrogen-bond donors (Lipinski definition) is 0.